The summed E-state index contributed by atoms with van der Waals surface area (Å²) in [6, 6.07) is 0. The van der Waals surface area contributed by atoms with Crippen LogP contribution < -0.4 is 0 Å². The van der Waals surface area contributed by atoms with Crippen LogP contribution in [0.5, 0.6) is 0 Å². The summed E-state index contributed by atoms with van der Waals surface area (Å²) in [4.78, 5) is 27.0. The van der Waals surface area contributed by atoms with Gasteiger partial charge in [0.25, 0.3) is 0 Å². The zero-order valence-corrected chi connectivity index (χ0v) is 27.7. The molecule has 3 N–H and O–H groups in total. The SMILES string of the molecule is C[C@@H]1O[C@H](O[C@@H]2CC[C@]3(C)[C@H](CC[C@]4(C)[C@@H]3C(=O)C=C3[C@@H]5C[C@](C)(C(=O)O)CC[C@]5(C)CC[C@]34C)C2(C)C)C[C@@H](O)[C@@H]1O. The molecule has 1 saturated heterocycles. The van der Waals surface area contributed by atoms with Crippen LogP contribution in [0, 0.1) is 50.2 Å². The minimum Gasteiger partial charge on any atom is -0.481 e. The fourth-order valence-electron chi connectivity index (χ4n) is 11.9. The highest BCUT2D eigenvalue weighted by Gasteiger charge is 2.70. The van der Waals surface area contributed by atoms with Crippen molar-refractivity contribution in [2.45, 2.75) is 150 Å². The summed E-state index contributed by atoms with van der Waals surface area (Å²) < 4.78 is 12.6. The number of carboxylic acids is 1. The molecule has 1 heterocycles. The first kappa shape index (κ1) is 31.7. The van der Waals surface area contributed by atoms with E-state index in [1.54, 1.807) is 6.92 Å². The normalized spacial score (nSPS) is 54.4. The van der Waals surface area contributed by atoms with Crippen molar-refractivity contribution in [1.29, 1.82) is 0 Å². The van der Waals surface area contributed by atoms with Crippen molar-refractivity contribution in [2.75, 3.05) is 0 Å². The van der Waals surface area contributed by atoms with Crippen LogP contribution in [0.3, 0.4) is 0 Å². The van der Waals surface area contributed by atoms with Gasteiger partial charge in [0.1, 0.15) is 6.10 Å². The smallest absolute Gasteiger partial charge is 0.309 e. The molecule has 43 heavy (non-hydrogen) atoms. The van der Waals surface area contributed by atoms with Gasteiger partial charge in [-0.25, -0.2) is 0 Å². The van der Waals surface area contributed by atoms with Crippen molar-refractivity contribution in [3.05, 3.63) is 11.6 Å². The number of rotatable bonds is 3. The fraction of sp³-hybridized carbons (Fsp3) is 0.889. The Kier molecular flexibility index (Phi) is 7.27. The van der Waals surface area contributed by atoms with E-state index in [0.717, 1.165) is 44.9 Å². The number of aliphatic hydroxyl groups is 2. The molecule has 1 aliphatic heterocycles. The molecule has 242 valence electrons. The van der Waals surface area contributed by atoms with Crippen LogP contribution in [-0.4, -0.2) is 57.8 Å². The third kappa shape index (κ3) is 4.33. The number of fused-ring (bicyclic) bond motifs is 7. The number of hydrogen-bond donors (Lipinski definition) is 3. The van der Waals surface area contributed by atoms with Crippen LogP contribution >= 0.6 is 0 Å². The van der Waals surface area contributed by atoms with Crippen molar-refractivity contribution >= 4 is 11.8 Å². The Morgan fingerprint density at radius 2 is 1.63 bits per heavy atom. The second-order valence-corrected chi connectivity index (χ2v) is 17.6. The van der Waals surface area contributed by atoms with E-state index in [1.165, 1.54) is 5.57 Å². The molecule has 6 aliphatic rings. The second-order valence-electron chi connectivity index (χ2n) is 17.6. The Hall–Kier alpha value is -1.28. The molecule has 0 radical (unpaired) electrons. The zero-order chi connectivity index (χ0) is 31.5. The van der Waals surface area contributed by atoms with Crippen molar-refractivity contribution in [3.63, 3.8) is 0 Å². The molecule has 0 amide bonds. The van der Waals surface area contributed by atoms with Gasteiger partial charge in [0.05, 0.1) is 23.7 Å². The lowest BCUT2D eigenvalue weighted by Crippen LogP contribution is -2.67. The van der Waals surface area contributed by atoms with Crippen LogP contribution in [0.15, 0.2) is 11.6 Å². The summed E-state index contributed by atoms with van der Waals surface area (Å²) in [5, 5.41) is 30.7. The molecule has 0 bridgehead atoms. The maximum absolute atomic E-state index is 14.6. The number of aliphatic hydroxyl groups excluding tert-OH is 2. The van der Waals surface area contributed by atoms with E-state index >= 15 is 0 Å². The summed E-state index contributed by atoms with van der Waals surface area (Å²) >= 11 is 0. The summed E-state index contributed by atoms with van der Waals surface area (Å²) in [5.74, 6) is -0.128. The largest absolute Gasteiger partial charge is 0.481 e. The van der Waals surface area contributed by atoms with E-state index in [9.17, 15) is 24.9 Å². The molecule has 7 heteroatoms. The lowest BCUT2D eigenvalue weighted by Gasteiger charge is -2.70. The van der Waals surface area contributed by atoms with Crippen LogP contribution in [0.4, 0.5) is 0 Å². The van der Waals surface area contributed by atoms with E-state index in [4.69, 9.17) is 9.47 Å². The third-order valence-corrected chi connectivity index (χ3v) is 15.0. The molecule has 0 aromatic carbocycles. The van der Waals surface area contributed by atoms with Crippen molar-refractivity contribution < 1.29 is 34.4 Å². The molecule has 7 nitrogen and oxygen atoms in total. The average molecular weight is 601 g/mol. The molecule has 0 aromatic rings. The third-order valence-electron chi connectivity index (χ3n) is 15.0. The first-order valence-corrected chi connectivity index (χ1v) is 17.0. The predicted octanol–water partition coefficient (Wildman–Crippen LogP) is 6.29. The Balaban J connectivity index is 1.32. The number of ketones is 1. The lowest BCUT2D eigenvalue weighted by atomic mass is 9.33. The van der Waals surface area contributed by atoms with Gasteiger partial charge in [0, 0.05) is 12.3 Å². The van der Waals surface area contributed by atoms with E-state index in [-0.39, 0.29) is 63.1 Å². The summed E-state index contributed by atoms with van der Waals surface area (Å²) in [5.41, 5.74) is -0.165. The van der Waals surface area contributed by atoms with Gasteiger partial charge in [0.15, 0.2) is 12.1 Å². The topological polar surface area (TPSA) is 113 Å². The number of carbonyl (C=O) groups excluding carboxylic acids is 1. The van der Waals surface area contributed by atoms with Crippen molar-refractivity contribution in [1.82, 2.24) is 0 Å². The van der Waals surface area contributed by atoms with Crippen molar-refractivity contribution in [2.24, 2.45) is 50.2 Å². The average Bonchev–Trinajstić information content (AvgIpc) is 2.91. The Morgan fingerprint density at radius 3 is 2.28 bits per heavy atom. The number of carboxylic acid groups (broad SMARTS) is 1. The number of aliphatic carboxylic acids is 1. The molecule has 5 aliphatic carbocycles. The zero-order valence-electron chi connectivity index (χ0n) is 27.7. The molecular weight excluding hydrogens is 544 g/mol. The second kappa shape index (κ2) is 9.86. The van der Waals surface area contributed by atoms with Crippen molar-refractivity contribution in [3.8, 4) is 0 Å². The molecule has 0 aromatic heterocycles. The van der Waals surface area contributed by atoms with Gasteiger partial charge in [0.2, 0.25) is 0 Å². The Bertz CT molecular complexity index is 1200. The lowest BCUT2D eigenvalue weighted by molar-refractivity contribution is -0.290. The Morgan fingerprint density at radius 1 is 0.953 bits per heavy atom. The van der Waals surface area contributed by atoms with Gasteiger partial charge < -0.3 is 24.8 Å². The van der Waals surface area contributed by atoms with Gasteiger partial charge in [-0.3, -0.25) is 9.59 Å². The monoisotopic (exact) mass is 600 g/mol. The van der Waals surface area contributed by atoms with Gasteiger partial charge >= 0.3 is 5.97 Å². The van der Waals surface area contributed by atoms with Crippen LogP contribution in [0.1, 0.15) is 120 Å². The summed E-state index contributed by atoms with van der Waals surface area (Å²) in [6.45, 7) is 17.8. The Labute approximate surface area is 258 Å². The minimum atomic E-state index is -0.903. The highest BCUT2D eigenvalue weighted by atomic mass is 16.7. The first-order chi connectivity index (χ1) is 19.8. The van der Waals surface area contributed by atoms with Gasteiger partial charge in [-0.1, -0.05) is 47.1 Å². The minimum absolute atomic E-state index is 0.0462. The fourth-order valence-corrected chi connectivity index (χ4v) is 11.9. The summed E-state index contributed by atoms with van der Waals surface area (Å²) in [6.07, 6.45) is 7.45. The molecule has 13 atom stereocenters. The van der Waals surface area contributed by atoms with Gasteiger partial charge in [-0.2, -0.15) is 0 Å². The number of allylic oxidation sites excluding steroid dienone is 2. The maximum atomic E-state index is 14.6. The van der Waals surface area contributed by atoms with Gasteiger partial charge in [-0.05, 0) is 117 Å². The van der Waals surface area contributed by atoms with Crippen LogP contribution in [-0.2, 0) is 19.1 Å². The summed E-state index contributed by atoms with van der Waals surface area (Å²) in [7, 11) is 0. The maximum Gasteiger partial charge on any atom is 0.309 e. The highest BCUT2D eigenvalue weighted by Crippen LogP contribution is 2.75. The molecule has 4 saturated carbocycles. The van der Waals surface area contributed by atoms with E-state index in [1.807, 2.05) is 13.0 Å². The van der Waals surface area contributed by atoms with Gasteiger partial charge in [-0.15, -0.1) is 0 Å². The van der Waals surface area contributed by atoms with E-state index < -0.39 is 36.0 Å². The first-order valence-electron chi connectivity index (χ1n) is 17.0. The molecular formula is C36H56O7. The highest BCUT2D eigenvalue weighted by molar-refractivity contribution is 5.95. The molecule has 0 unspecified atom stereocenters. The van der Waals surface area contributed by atoms with Crippen LogP contribution in [0.2, 0.25) is 0 Å². The molecule has 5 fully saturated rings. The quantitative estimate of drug-likeness (QED) is 0.326. The van der Waals surface area contributed by atoms with E-state index in [0.29, 0.717) is 12.8 Å². The van der Waals surface area contributed by atoms with E-state index in [2.05, 4.69) is 41.5 Å². The number of hydrogen-bond acceptors (Lipinski definition) is 6. The standard InChI is InChI=1S/C36H56O7/c1-20-28(39)23(37)18-27(42-20)43-26-10-11-34(6)25(31(26,2)3)9-12-36(8)29(34)24(38)17-21-22-19-33(5,30(40)41)14-13-32(22,4)15-16-35(21,36)7/h17,20,22-23,25-29,37,39H,9-16,18-19H2,1-8H3,(H,40,41)/t20-,22-,23+,25+,26+,27+,28+,29+,32+,33+,34+,35+,36+/m0/s1. The van der Waals surface area contributed by atoms with Crippen LogP contribution in [0.25, 0.3) is 0 Å². The number of ether oxygens (including phenoxy) is 2. The predicted molar refractivity (Wildman–Crippen MR) is 163 cm³/mol. The molecule has 0 spiro atoms. The number of carbonyl (C=O) groups is 2. The molecule has 6 rings (SSSR count).